The number of non-ortho nitro benzene ring substituents is 1. The molecular formula is C20H17ClN2O5. The number of nitrogens with one attached hydrogen (secondary N) is 1. The molecule has 0 radical (unpaired) electrons. The van der Waals surface area contributed by atoms with Gasteiger partial charge in [0.1, 0.15) is 18.1 Å². The third kappa shape index (κ3) is 4.32. The van der Waals surface area contributed by atoms with Crippen LogP contribution >= 0.6 is 11.6 Å². The summed E-state index contributed by atoms with van der Waals surface area (Å²) < 4.78 is 11.2. The Morgan fingerprint density at radius 3 is 2.64 bits per heavy atom. The number of ether oxygens (including phenoxy) is 1. The van der Waals surface area contributed by atoms with Crippen LogP contribution in [0, 0.1) is 24.0 Å². The molecule has 3 rings (SSSR count). The molecule has 0 atom stereocenters. The Bertz CT molecular complexity index is 1020. The second-order valence-electron chi connectivity index (χ2n) is 6.15. The molecule has 7 nitrogen and oxygen atoms in total. The van der Waals surface area contributed by atoms with E-state index < -0.39 is 10.8 Å². The number of benzene rings is 2. The summed E-state index contributed by atoms with van der Waals surface area (Å²) in [5.74, 6) is 0.669. The van der Waals surface area contributed by atoms with E-state index in [9.17, 15) is 14.9 Å². The molecule has 0 aliphatic rings. The minimum atomic E-state index is -0.488. The fourth-order valence-corrected chi connectivity index (χ4v) is 2.88. The SMILES string of the molecule is Cc1cc([N+](=O)[O-])ccc1NC(=O)c1ccc(COc2c(C)cccc2Cl)o1. The minimum absolute atomic E-state index is 0.0391. The summed E-state index contributed by atoms with van der Waals surface area (Å²) in [4.78, 5) is 22.7. The maximum atomic E-state index is 12.4. The Morgan fingerprint density at radius 1 is 1.18 bits per heavy atom. The molecule has 0 saturated heterocycles. The summed E-state index contributed by atoms with van der Waals surface area (Å²) in [6.45, 7) is 3.68. The van der Waals surface area contributed by atoms with E-state index in [2.05, 4.69) is 5.32 Å². The van der Waals surface area contributed by atoms with Crippen LogP contribution in [0.25, 0.3) is 0 Å². The molecule has 0 unspecified atom stereocenters. The van der Waals surface area contributed by atoms with Crippen molar-refractivity contribution in [3.05, 3.63) is 86.3 Å². The van der Waals surface area contributed by atoms with Gasteiger partial charge in [-0.25, -0.2) is 0 Å². The van der Waals surface area contributed by atoms with Crippen LogP contribution in [0.5, 0.6) is 5.75 Å². The summed E-state index contributed by atoms with van der Waals surface area (Å²) in [5, 5.41) is 14.0. The van der Waals surface area contributed by atoms with Gasteiger partial charge in [-0.1, -0.05) is 23.7 Å². The van der Waals surface area contributed by atoms with E-state index in [4.69, 9.17) is 20.8 Å². The van der Waals surface area contributed by atoms with Gasteiger partial charge in [-0.2, -0.15) is 0 Å². The van der Waals surface area contributed by atoms with E-state index in [0.717, 1.165) is 5.56 Å². The van der Waals surface area contributed by atoms with Gasteiger partial charge in [0.2, 0.25) is 0 Å². The maximum Gasteiger partial charge on any atom is 0.291 e. The number of nitro groups is 1. The van der Waals surface area contributed by atoms with Gasteiger partial charge in [-0.3, -0.25) is 14.9 Å². The number of halogens is 1. The van der Waals surface area contributed by atoms with Crippen LogP contribution in [-0.2, 0) is 6.61 Å². The molecule has 3 aromatic rings. The molecular weight excluding hydrogens is 384 g/mol. The number of nitrogens with zero attached hydrogens (tertiary/aromatic N) is 1. The number of amides is 1. The highest BCUT2D eigenvalue weighted by atomic mass is 35.5. The van der Waals surface area contributed by atoms with Crippen LogP contribution < -0.4 is 10.1 Å². The van der Waals surface area contributed by atoms with Gasteiger partial charge in [0.25, 0.3) is 11.6 Å². The lowest BCUT2D eigenvalue weighted by Crippen LogP contribution is -2.12. The lowest BCUT2D eigenvalue weighted by atomic mass is 10.2. The van der Waals surface area contributed by atoms with Crippen molar-refractivity contribution >= 4 is 28.9 Å². The van der Waals surface area contributed by atoms with Crippen LogP contribution in [0.4, 0.5) is 11.4 Å². The van der Waals surface area contributed by atoms with Crippen LogP contribution in [0.3, 0.4) is 0 Å². The van der Waals surface area contributed by atoms with E-state index in [0.29, 0.717) is 27.8 Å². The molecule has 8 heteroatoms. The first-order valence-corrected chi connectivity index (χ1v) is 8.76. The molecule has 144 valence electrons. The molecule has 1 heterocycles. The van der Waals surface area contributed by atoms with E-state index >= 15 is 0 Å². The van der Waals surface area contributed by atoms with Crippen molar-refractivity contribution < 1.29 is 18.9 Å². The monoisotopic (exact) mass is 400 g/mol. The predicted molar refractivity (Wildman–Crippen MR) is 105 cm³/mol. The highest BCUT2D eigenvalue weighted by Gasteiger charge is 2.15. The molecule has 0 saturated carbocycles. The highest BCUT2D eigenvalue weighted by molar-refractivity contribution is 6.32. The quantitative estimate of drug-likeness (QED) is 0.448. The Labute approximate surface area is 166 Å². The van der Waals surface area contributed by atoms with Gasteiger partial charge in [0.15, 0.2) is 5.76 Å². The third-order valence-electron chi connectivity index (χ3n) is 4.08. The smallest absolute Gasteiger partial charge is 0.291 e. The summed E-state index contributed by atoms with van der Waals surface area (Å²) >= 11 is 6.13. The molecule has 2 aromatic carbocycles. The zero-order chi connectivity index (χ0) is 20.3. The number of anilines is 1. The van der Waals surface area contributed by atoms with E-state index in [1.54, 1.807) is 19.1 Å². The molecule has 0 aliphatic heterocycles. The van der Waals surface area contributed by atoms with Crippen molar-refractivity contribution in [2.24, 2.45) is 0 Å². The van der Waals surface area contributed by atoms with Crippen LogP contribution in [0.2, 0.25) is 5.02 Å². The fourth-order valence-electron chi connectivity index (χ4n) is 2.61. The van der Waals surface area contributed by atoms with Crippen molar-refractivity contribution in [2.45, 2.75) is 20.5 Å². The lowest BCUT2D eigenvalue weighted by molar-refractivity contribution is -0.384. The van der Waals surface area contributed by atoms with Gasteiger partial charge in [-0.15, -0.1) is 0 Å². The molecule has 1 aromatic heterocycles. The van der Waals surface area contributed by atoms with Crippen molar-refractivity contribution in [1.82, 2.24) is 0 Å². The van der Waals surface area contributed by atoms with E-state index in [1.807, 2.05) is 19.1 Å². The van der Waals surface area contributed by atoms with Crippen molar-refractivity contribution in [3.8, 4) is 5.75 Å². The second kappa shape index (κ2) is 8.14. The number of para-hydroxylation sites is 1. The fraction of sp³-hybridized carbons (Fsp3) is 0.150. The number of furan rings is 1. The molecule has 0 fully saturated rings. The van der Waals surface area contributed by atoms with Crippen LogP contribution in [0.15, 0.2) is 52.9 Å². The topological polar surface area (TPSA) is 94.6 Å². The predicted octanol–water partition coefficient (Wildman–Crippen LogP) is 5.29. The van der Waals surface area contributed by atoms with Crippen molar-refractivity contribution in [1.29, 1.82) is 0 Å². The van der Waals surface area contributed by atoms with Crippen LogP contribution in [-0.4, -0.2) is 10.8 Å². The third-order valence-corrected chi connectivity index (χ3v) is 4.37. The number of rotatable bonds is 6. The van der Waals surface area contributed by atoms with E-state index in [1.165, 1.54) is 24.3 Å². The molecule has 0 spiro atoms. The Morgan fingerprint density at radius 2 is 1.96 bits per heavy atom. The number of hydrogen-bond donors (Lipinski definition) is 1. The normalized spacial score (nSPS) is 10.5. The van der Waals surface area contributed by atoms with Gasteiger partial charge in [0.05, 0.1) is 9.95 Å². The summed E-state index contributed by atoms with van der Waals surface area (Å²) in [5.41, 5.74) is 1.90. The largest absolute Gasteiger partial charge is 0.484 e. The van der Waals surface area contributed by atoms with Crippen molar-refractivity contribution in [3.63, 3.8) is 0 Å². The molecule has 1 amide bonds. The van der Waals surface area contributed by atoms with Gasteiger partial charge in [-0.05, 0) is 49.2 Å². The zero-order valence-corrected chi connectivity index (χ0v) is 15.9. The van der Waals surface area contributed by atoms with Gasteiger partial charge in [0, 0.05) is 17.8 Å². The average molecular weight is 401 g/mol. The standard InChI is InChI=1S/C20H17ClN2O5/c1-12-4-3-5-16(21)19(12)27-11-15-7-9-18(28-15)20(24)22-17-8-6-14(23(25)26)10-13(17)2/h3-10H,11H2,1-2H3,(H,22,24). The number of carbonyl (C=O) groups excluding carboxylic acids is 1. The Kier molecular flexibility index (Phi) is 5.65. The summed E-state index contributed by atoms with van der Waals surface area (Å²) in [7, 11) is 0. The average Bonchev–Trinajstić information content (AvgIpc) is 3.12. The van der Waals surface area contributed by atoms with Crippen LogP contribution in [0.1, 0.15) is 27.4 Å². The Balaban J connectivity index is 1.66. The summed E-state index contributed by atoms with van der Waals surface area (Å²) in [6, 6.07) is 12.8. The lowest BCUT2D eigenvalue weighted by Gasteiger charge is -2.09. The van der Waals surface area contributed by atoms with Gasteiger partial charge < -0.3 is 14.5 Å². The first-order chi connectivity index (χ1) is 13.3. The molecule has 1 N–H and O–H groups in total. The molecule has 28 heavy (non-hydrogen) atoms. The number of carbonyl (C=O) groups is 1. The second-order valence-corrected chi connectivity index (χ2v) is 6.56. The molecule has 0 bridgehead atoms. The number of hydrogen-bond acceptors (Lipinski definition) is 5. The first kappa shape index (κ1) is 19.4. The zero-order valence-electron chi connectivity index (χ0n) is 15.2. The maximum absolute atomic E-state index is 12.4. The van der Waals surface area contributed by atoms with Gasteiger partial charge >= 0.3 is 0 Å². The first-order valence-electron chi connectivity index (χ1n) is 8.38. The van der Waals surface area contributed by atoms with Crippen molar-refractivity contribution in [2.75, 3.05) is 5.32 Å². The van der Waals surface area contributed by atoms with E-state index in [-0.39, 0.29) is 18.1 Å². The summed E-state index contributed by atoms with van der Waals surface area (Å²) in [6.07, 6.45) is 0. The Hall–Kier alpha value is -3.32. The highest BCUT2D eigenvalue weighted by Crippen LogP contribution is 2.29. The number of nitro benzene ring substituents is 1. The molecule has 0 aliphatic carbocycles. The number of aryl methyl sites for hydroxylation is 2. The minimum Gasteiger partial charge on any atom is -0.484 e.